The van der Waals surface area contributed by atoms with E-state index in [0.717, 1.165) is 0 Å². The SMILES string of the molecule is CC(C)OC(=O)C1=C(C(=O)OC(C)C)CC(C)C(C)C=C1. The van der Waals surface area contributed by atoms with Gasteiger partial charge in [-0.1, -0.05) is 26.0 Å². The molecular weight excluding hydrogens is 268 g/mol. The Morgan fingerprint density at radius 1 is 1.05 bits per heavy atom. The minimum atomic E-state index is -0.460. The predicted molar refractivity (Wildman–Crippen MR) is 81.6 cm³/mol. The van der Waals surface area contributed by atoms with Crippen LogP contribution < -0.4 is 0 Å². The van der Waals surface area contributed by atoms with Gasteiger partial charge in [-0.15, -0.1) is 0 Å². The van der Waals surface area contributed by atoms with Gasteiger partial charge in [-0.3, -0.25) is 0 Å². The fraction of sp³-hybridized carbons (Fsp3) is 0.647. The lowest BCUT2D eigenvalue weighted by Crippen LogP contribution is -2.21. The summed E-state index contributed by atoms with van der Waals surface area (Å²) in [7, 11) is 0. The zero-order chi connectivity index (χ0) is 16.2. The Morgan fingerprint density at radius 2 is 1.57 bits per heavy atom. The van der Waals surface area contributed by atoms with E-state index in [9.17, 15) is 9.59 Å². The monoisotopic (exact) mass is 294 g/mol. The van der Waals surface area contributed by atoms with Gasteiger partial charge in [-0.2, -0.15) is 0 Å². The topological polar surface area (TPSA) is 52.6 Å². The Morgan fingerprint density at radius 3 is 2.10 bits per heavy atom. The Hall–Kier alpha value is -1.58. The van der Waals surface area contributed by atoms with Crippen molar-refractivity contribution in [3.8, 4) is 0 Å². The van der Waals surface area contributed by atoms with E-state index in [4.69, 9.17) is 9.47 Å². The molecule has 0 N–H and O–H groups in total. The van der Waals surface area contributed by atoms with Crippen LogP contribution in [0.1, 0.15) is 48.0 Å². The maximum Gasteiger partial charge on any atom is 0.338 e. The lowest BCUT2D eigenvalue weighted by Gasteiger charge is -2.17. The van der Waals surface area contributed by atoms with Gasteiger partial charge in [0.1, 0.15) is 0 Å². The van der Waals surface area contributed by atoms with Gasteiger partial charge in [-0.25, -0.2) is 9.59 Å². The molecule has 4 heteroatoms. The zero-order valence-corrected chi connectivity index (χ0v) is 13.8. The van der Waals surface area contributed by atoms with Crippen LogP contribution in [0.3, 0.4) is 0 Å². The van der Waals surface area contributed by atoms with E-state index in [1.807, 2.05) is 6.08 Å². The van der Waals surface area contributed by atoms with Crippen LogP contribution in [-0.2, 0) is 19.1 Å². The molecule has 0 fully saturated rings. The molecule has 2 unspecified atom stereocenters. The first-order chi connectivity index (χ1) is 9.72. The zero-order valence-electron chi connectivity index (χ0n) is 13.8. The minimum absolute atomic E-state index is 0.215. The van der Waals surface area contributed by atoms with Crippen LogP contribution in [0, 0.1) is 11.8 Å². The maximum atomic E-state index is 12.3. The fourth-order valence-corrected chi connectivity index (χ4v) is 2.10. The largest absolute Gasteiger partial charge is 0.460 e. The minimum Gasteiger partial charge on any atom is -0.460 e. The van der Waals surface area contributed by atoms with E-state index in [2.05, 4.69) is 13.8 Å². The summed E-state index contributed by atoms with van der Waals surface area (Å²) < 4.78 is 10.5. The molecule has 1 rings (SSSR count). The van der Waals surface area contributed by atoms with Crippen LogP contribution in [-0.4, -0.2) is 24.1 Å². The molecule has 21 heavy (non-hydrogen) atoms. The second-order valence-electron chi connectivity index (χ2n) is 6.20. The number of rotatable bonds is 4. The summed E-state index contributed by atoms with van der Waals surface area (Å²) in [5, 5.41) is 0. The maximum absolute atomic E-state index is 12.3. The van der Waals surface area contributed by atoms with Gasteiger partial charge in [0.2, 0.25) is 0 Å². The first kappa shape index (κ1) is 17.5. The first-order valence-electron chi connectivity index (χ1n) is 7.55. The highest BCUT2D eigenvalue weighted by Crippen LogP contribution is 2.29. The number of carbonyl (C=O) groups excluding carboxylic acids is 2. The van der Waals surface area contributed by atoms with Crippen LogP contribution >= 0.6 is 0 Å². The third kappa shape index (κ3) is 5.03. The van der Waals surface area contributed by atoms with Gasteiger partial charge in [0.15, 0.2) is 0 Å². The fourth-order valence-electron chi connectivity index (χ4n) is 2.10. The molecule has 2 atom stereocenters. The second-order valence-corrected chi connectivity index (χ2v) is 6.20. The van der Waals surface area contributed by atoms with Crippen molar-refractivity contribution >= 4 is 11.9 Å². The van der Waals surface area contributed by atoms with Crippen LogP contribution in [0.2, 0.25) is 0 Å². The van der Waals surface area contributed by atoms with Crippen molar-refractivity contribution in [1.82, 2.24) is 0 Å². The average Bonchev–Trinajstić information content (AvgIpc) is 2.48. The molecule has 0 aromatic rings. The van der Waals surface area contributed by atoms with Crippen LogP contribution in [0.4, 0.5) is 0 Å². The van der Waals surface area contributed by atoms with Gasteiger partial charge < -0.3 is 9.47 Å². The lowest BCUT2D eigenvalue weighted by atomic mass is 9.91. The molecule has 0 saturated heterocycles. The summed E-state index contributed by atoms with van der Waals surface area (Å²) in [5.74, 6) is -0.332. The highest BCUT2D eigenvalue weighted by molar-refractivity contribution is 6.02. The van der Waals surface area contributed by atoms with Crippen molar-refractivity contribution in [2.45, 2.75) is 60.2 Å². The predicted octanol–water partition coefficient (Wildman–Crippen LogP) is 3.42. The Balaban J connectivity index is 3.16. The smallest absolute Gasteiger partial charge is 0.338 e. The molecule has 0 heterocycles. The van der Waals surface area contributed by atoms with E-state index < -0.39 is 11.9 Å². The number of hydrogen-bond donors (Lipinski definition) is 0. The van der Waals surface area contributed by atoms with Crippen LogP contribution in [0.15, 0.2) is 23.3 Å². The number of esters is 2. The molecule has 0 spiro atoms. The van der Waals surface area contributed by atoms with E-state index in [0.29, 0.717) is 17.6 Å². The summed E-state index contributed by atoms with van der Waals surface area (Å²) in [4.78, 5) is 24.5. The molecule has 0 bridgehead atoms. The quantitative estimate of drug-likeness (QED) is 0.746. The molecule has 4 nitrogen and oxygen atoms in total. The van der Waals surface area contributed by atoms with Gasteiger partial charge in [0, 0.05) is 0 Å². The molecule has 0 aliphatic heterocycles. The third-order valence-electron chi connectivity index (χ3n) is 3.47. The highest BCUT2D eigenvalue weighted by atomic mass is 16.5. The van der Waals surface area contributed by atoms with Gasteiger partial charge >= 0.3 is 11.9 Å². The van der Waals surface area contributed by atoms with Gasteiger partial charge in [-0.05, 0) is 46.0 Å². The van der Waals surface area contributed by atoms with Crippen LogP contribution in [0.5, 0.6) is 0 Å². The van der Waals surface area contributed by atoms with E-state index in [1.54, 1.807) is 33.8 Å². The summed E-state index contributed by atoms with van der Waals surface area (Å²) in [5.41, 5.74) is 0.744. The van der Waals surface area contributed by atoms with Gasteiger partial charge in [0.05, 0.1) is 23.4 Å². The highest BCUT2D eigenvalue weighted by Gasteiger charge is 2.28. The number of carbonyl (C=O) groups is 2. The second kappa shape index (κ2) is 7.43. The van der Waals surface area contributed by atoms with E-state index >= 15 is 0 Å². The molecule has 0 saturated carbocycles. The Bertz CT molecular complexity index is 457. The number of ether oxygens (including phenoxy) is 2. The molecule has 1 aliphatic carbocycles. The van der Waals surface area contributed by atoms with Crippen molar-refractivity contribution in [1.29, 1.82) is 0 Å². The van der Waals surface area contributed by atoms with E-state index in [1.165, 1.54) is 0 Å². The summed E-state index contributed by atoms with van der Waals surface area (Å²) >= 11 is 0. The number of allylic oxidation sites excluding steroid dienone is 1. The van der Waals surface area contributed by atoms with Crippen molar-refractivity contribution in [3.63, 3.8) is 0 Å². The summed E-state index contributed by atoms with van der Waals surface area (Å²) in [6.07, 6.45) is 3.74. The summed E-state index contributed by atoms with van der Waals surface area (Å²) in [6, 6.07) is 0. The Labute approximate surface area is 127 Å². The van der Waals surface area contributed by atoms with Crippen molar-refractivity contribution < 1.29 is 19.1 Å². The van der Waals surface area contributed by atoms with Crippen molar-refractivity contribution in [2.75, 3.05) is 0 Å². The molecule has 0 amide bonds. The Kier molecular flexibility index (Phi) is 6.19. The van der Waals surface area contributed by atoms with Crippen molar-refractivity contribution in [3.05, 3.63) is 23.3 Å². The molecule has 1 aliphatic rings. The van der Waals surface area contributed by atoms with Crippen LogP contribution in [0.25, 0.3) is 0 Å². The molecule has 0 radical (unpaired) electrons. The average molecular weight is 294 g/mol. The normalized spacial score (nSPS) is 22.5. The van der Waals surface area contributed by atoms with E-state index in [-0.39, 0.29) is 24.0 Å². The molecule has 0 aromatic carbocycles. The standard InChI is InChI=1S/C17H26O4/c1-10(2)20-16(18)14-8-7-12(5)13(6)9-15(14)17(19)21-11(3)4/h7-8,10-13H,9H2,1-6H3. The number of hydrogen-bond acceptors (Lipinski definition) is 4. The summed E-state index contributed by atoms with van der Waals surface area (Å²) in [6.45, 7) is 11.3. The third-order valence-corrected chi connectivity index (χ3v) is 3.47. The first-order valence-corrected chi connectivity index (χ1v) is 7.55. The van der Waals surface area contributed by atoms with Gasteiger partial charge in [0.25, 0.3) is 0 Å². The molecule has 0 aromatic heterocycles. The molecule has 118 valence electrons. The molecular formula is C17H26O4. The van der Waals surface area contributed by atoms with Crippen molar-refractivity contribution in [2.24, 2.45) is 11.8 Å². The lowest BCUT2D eigenvalue weighted by molar-refractivity contribution is -0.146.